The van der Waals surface area contributed by atoms with Crippen LogP contribution in [0, 0.1) is 0 Å². The lowest BCUT2D eigenvalue weighted by Crippen LogP contribution is -2.30. The quantitative estimate of drug-likeness (QED) is 0.0200. The first-order valence-corrected chi connectivity index (χ1v) is 24.8. The Hall–Kier alpha value is -2.89. The third-order valence-corrected chi connectivity index (χ3v) is 10.5. The van der Waals surface area contributed by atoms with Crippen LogP contribution in [0.3, 0.4) is 0 Å². The Balaban J connectivity index is 4.34. The average molecular weight is 825 g/mol. The van der Waals surface area contributed by atoms with Crippen LogP contribution in [0.1, 0.15) is 239 Å². The molecule has 0 aliphatic rings. The van der Waals surface area contributed by atoms with Gasteiger partial charge in [-0.15, -0.1) is 0 Å². The Bertz CT molecular complexity index is 1090. The number of unbranched alkanes of at least 4 members (excludes halogenated alkanes) is 25. The van der Waals surface area contributed by atoms with Gasteiger partial charge >= 0.3 is 17.9 Å². The van der Waals surface area contributed by atoms with Gasteiger partial charge in [-0.2, -0.15) is 0 Å². The first kappa shape index (κ1) is 56.1. The summed E-state index contributed by atoms with van der Waals surface area (Å²) in [5, 5.41) is 0. The highest BCUT2D eigenvalue weighted by Crippen LogP contribution is 2.14. The summed E-state index contributed by atoms with van der Waals surface area (Å²) in [7, 11) is 0. The maximum absolute atomic E-state index is 12.7. The van der Waals surface area contributed by atoms with E-state index in [0.717, 1.165) is 77.0 Å². The summed E-state index contributed by atoms with van der Waals surface area (Å²) in [4.78, 5) is 37.8. The minimum atomic E-state index is -0.790. The lowest BCUT2D eigenvalue weighted by atomic mass is 10.1. The third-order valence-electron chi connectivity index (χ3n) is 10.5. The lowest BCUT2D eigenvalue weighted by Gasteiger charge is -2.18. The van der Waals surface area contributed by atoms with Crippen molar-refractivity contribution >= 4 is 17.9 Å². The third kappa shape index (κ3) is 46.0. The van der Waals surface area contributed by atoms with Crippen LogP contribution < -0.4 is 0 Å². The number of hydrogen-bond donors (Lipinski definition) is 0. The molecule has 0 aromatic rings. The fourth-order valence-electron chi connectivity index (χ4n) is 6.68. The largest absolute Gasteiger partial charge is 0.462 e. The van der Waals surface area contributed by atoms with Crippen LogP contribution in [-0.2, 0) is 28.6 Å². The molecule has 0 saturated heterocycles. The van der Waals surface area contributed by atoms with Gasteiger partial charge in [0.1, 0.15) is 13.2 Å². The summed E-state index contributed by atoms with van der Waals surface area (Å²) >= 11 is 0. The number of carbonyl (C=O) groups is 3. The molecule has 0 spiro atoms. The van der Waals surface area contributed by atoms with E-state index in [1.54, 1.807) is 0 Å². The van der Waals surface area contributed by atoms with E-state index >= 15 is 0 Å². The van der Waals surface area contributed by atoms with Crippen molar-refractivity contribution in [3.8, 4) is 0 Å². The van der Waals surface area contributed by atoms with Gasteiger partial charge < -0.3 is 14.2 Å². The smallest absolute Gasteiger partial charge is 0.306 e. The van der Waals surface area contributed by atoms with Crippen molar-refractivity contribution in [2.45, 2.75) is 245 Å². The molecule has 0 bridgehead atoms. The number of carbonyl (C=O) groups excluding carboxylic acids is 3. The van der Waals surface area contributed by atoms with Gasteiger partial charge in [-0.25, -0.2) is 0 Å². The second kappa shape index (κ2) is 47.8. The molecule has 59 heavy (non-hydrogen) atoms. The molecule has 1 atom stereocenters. The van der Waals surface area contributed by atoms with E-state index in [2.05, 4.69) is 81.5 Å². The van der Waals surface area contributed by atoms with Gasteiger partial charge in [-0.05, 0) is 83.5 Å². The Labute approximate surface area is 364 Å². The van der Waals surface area contributed by atoms with Crippen LogP contribution in [-0.4, -0.2) is 37.2 Å². The molecule has 6 nitrogen and oxygen atoms in total. The van der Waals surface area contributed by atoms with Crippen LogP contribution in [0.5, 0.6) is 0 Å². The Kier molecular flexibility index (Phi) is 45.4. The monoisotopic (exact) mass is 825 g/mol. The summed E-state index contributed by atoms with van der Waals surface area (Å²) in [6, 6.07) is 0. The van der Waals surface area contributed by atoms with Crippen molar-refractivity contribution in [1.29, 1.82) is 0 Å². The molecule has 340 valence electrons. The summed E-state index contributed by atoms with van der Waals surface area (Å²) in [6.45, 7) is 6.48. The van der Waals surface area contributed by atoms with Gasteiger partial charge in [-0.3, -0.25) is 14.4 Å². The van der Waals surface area contributed by atoms with E-state index < -0.39 is 6.10 Å². The molecule has 0 aromatic carbocycles. The Morgan fingerprint density at radius 1 is 0.339 bits per heavy atom. The zero-order chi connectivity index (χ0) is 43.0. The molecule has 0 N–H and O–H groups in total. The summed E-state index contributed by atoms with van der Waals surface area (Å²) in [6.07, 6.45) is 57.8. The van der Waals surface area contributed by atoms with Crippen molar-refractivity contribution in [3.63, 3.8) is 0 Å². The van der Waals surface area contributed by atoms with Gasteiger partial charge in [0.15, 0.2) is 6.10 Å². The number of allylic oxidation sites excluding steroid dienone is 10. The van der Waals surface area contributed by atoms with Gasteiger partial charge in [-0.1, -0.05) is 197 Å². The molecule has 0 rings (SSSR count). The molecule has 0 aliphatic carbocycles. The van der Waals surface area contributed by atoms with Crippen molar-refractivity contribution in [2.75, 3.05) is 13.2 Å². The second-order valence-corrected chi connectivity index (χ2v) is 16.4. The minimum absolute atomic E-state index is 0.0895. The van der Waals surface area contributed by atoms with Crippen molar-refractivity contribution in [3.05, 3.63) is 60.8 Å². The van der Waals surface area contributed by atoms with Crippen molar-refractivity contribution in [2.24, 2.45) is 0 Å². The molecule has 0 aliphatic heterocycles. The van der Waals surface area contributed by atoms with Crippen LogP contribution in [0.25, 0.3) is 0 Å². The summed E-state index contributed by atoms with van der Waals surface area (Å²) in [5.41, 5.74) is 0. The highest BCUT2D eigenvalue weighted by molar-refractivity contribution is 5.71. The Morgan fingerprint density at radius 2 is 0.627 bits per heavy atom. The predicted octanol–water partition coefficient (Wildman–Crippen LogP) is 16.1. The summed E-state index contributed by atoms with van der Waals surface area (Å²) < 4.78 is 16.7. The topological polar surface area (TPSA) is 78.9 Å². The van der Waals surface area contributed by atoms with Crippen LogP contribution in [0.15, 0.2) is 60.8 Å². The van der Waals surface area contributed by atoms with Crippen LogP contribution in [0.4, 0.5) is 0 Å². The fourth-order valence-corrected chi connectivity index (χ4v) is 6.68. The van der Waals surface area contributed by atoms with E-state index in [9.17, 15) is 14.4 Å². The molecule has 0 amide bonds. The van der Waals surface area contributed by atoms with E-state index in [-0.39, 0.29) is 31.1 Å². The number of hydrogen-bond acceptors (Lipinski definition) is 6. The van der Waals surface area contributed by atoms with Gasteiger partial charge in [0, 0.05) is 19.3 Å². The zero-order valence-electron chi connectivity index (χ0n) is 38.8. The first-order valence-electron chi connectivity index (χ1n) is 24.8. The highest BCUT2D eigenvalue weighted by Gasteiger charge is 2.19. The zero-order valence-corrected chi connectivity index (χ0v) is 38.8. The predicted molar refractivity (Wildman–Crippen MR) is 251 cm³/mol. The number of esters is 3. The molecule has 1 unspecified atom stereocenters. The maximum atomic E-state index is 12.7. The molecular weight excluding hydrogens is 733 g/mol. The maximum Gasteiger partial charge on any atom is 0.306 e. The van der Waals surface area contributed by atoms with E-state index in [1.807, 2.05) is 0 Å². The molecule has 0 aromatic heterocycles. The molecule has 6 heteroatoms. The fraction of sp³-hybridized carbons (Fsp3) is 0.755. The van der Waals surface area contributed by atoms with E-state index in [1.165, 1.54) is 122 Å². The second-order valence-electron chi connectivity index (χ2n) is 16.4. The lowest BCUT2D eigenvalue weighted by molar-refractivity contribution is -0.167. The van der Waals surface area contributed by atoms with Crippen molar-refractivity contribution < 1.29 is 28.6 Å². The van der Waals surface area contributed by atoms with Gasteiger partial charge in [0.25, 0.3) is 0 Å². The van der Waals surface area contributed by atoms with E-state index in [0.29, 0.717) is 19.3 Å². The number of rotatable bonds is 44. The van der Waals surface area contributed by atoms with Crippen molar-refractivity contribution in [1.82, 2.24) is 0 Å². The van der Waals surface area contributed by atoms with E-state index in [4.69, 9.17) is 14.2 Å². The number of ether oxygens (including phenoxy) is 3. The molecule has 0 saturated carbocycles. The molecule has 0 radical (unpaired) electrons. The Morgan fingerprint density at radius 3 is 1.03 bits per heavy atom. The van der Waals surface area contributed by atoms with Crippen LogP contribution >= 0.6 is 0 Å². The highest BCUT2D eigenvalue weighted by atomic mass is 16.6. The van der Waals surface area contributed by atoms with Gasteiger partial charge in [0.2, 0.25) is 0 Å². The molecule has 0 fully saturated rings. The van der Waals surface area contributed by atoms with Crippen LogP contribution in [0.2, 0.25) is 0 Å². The normalized spacial score (nSPS) is 12.5. The minimum Gasteiger partial charge on any atom is -0.462 e. The average Bonchev–Trinajstić information content (AvgIpc) is 3.23. The first-order chi connectivity index (χ1) is 29.0. The standard InChI is InChI=1S/C53H92O6/c1-4-7-10-13-16-19-22-23-24-25-26-27-28-29-32-34-37-40-43-46-52(55)58-49-50(59-53(56)47-44-41-38-35-31-21-18-15-12-9-6-3)48-57-51(54)45-42-39-36-33-30-20-17-14-11-8-5-2/h14-19,21-23,31,50H,4-13,20,24-30,32-49H2,1-3H3/b17-14-,18-15-,19-16-,23-22-,31-21-. The molecule has 0 heterocycles. The SMILES string of the molecule is CCCC/C=C\C=C/CCCCCC(=O)OC(COC(=O)CCCCCCC/C=C\CCCC)COC(=O)CCCCCCCCCCCC/C=C\C=C/CCCCC. The van der Waals surface area contributed by atoms with Gasteiger partial charge in [0.05, 0.1) is 0 Å². The summed E-state index contributed by atoms with van der Waals surface area (Å²) in [5.74, 6) is -0.931. The molecular formula is C53H92O6.